The third-order valence-corrected chi connectivity index (χ3v) is 4.24. The van der Waals surface area contributed by atoms with Crippen LogP contribution in [0.4, 0.5) is 5.95 Å². The minimum absolute atomic E-state index is 0.497. The summed E-state index contributed by atoms with van der Waals surface area (Å²) in [5.74, 6) is 1.01. The predicted octanol–water partition coefficient (Wildman–Crippen LogP) is 2.54. The van der Waals surface area contributed by atoms with Crippen LogP contribution in [-0.4, -0.2) is 29.7 Å². The molecule has 0 saturated heterocycles. The molecule has 4 nitrogen and oxygen atoms in total. The zero-order valence-electron chi connectivity index (χ0n) is 13.0. The molecule has 0 radical (unpaired) electrons. The van der Waals surface area contributed by atoms with Crippen molar-refractivity contribution in [2.24, 2.45) is 12.5 Å². The molecule has 0 aliphatic heterocycles. The van der Waals surface area contributed by atoms with Crippen LogP contribution in [0.25, 0.3) is 0 Å². The van der Waals surface area contributed by atoms with Crippen molar-refractivity contribution >= 4 is 5.95 Å². The van der Waals surface area contributed by atoms with Gasteiger partial charge in [0.1, 0.15) is 0 Å². The summed E-state index contributed by atoms with van der Waals surface area (Å²) in [6.45, 7) is 5.68. The molecular formula is C15H28N4. The van der Waals surface area contributed by atoms with Crippen LogP contribution < -0.4 is 10.2 Å². The van der Waals surface area contributed by atoms with Gasteiger partial charge in [0.15, 0.2) is 0 Å². The lowest BCUT2D eigenvalue weighted by Crippen LogP contribution is -2.37. The summed E-state index contributed by atoms with van der Waals surface area (Å²) in [7, 11) is 6.15. The zero-order chi connectivity index (χ0) is 14.0. The van der Waals surface area contributed by atoms with Gasteiger partial charge in [-0.25, -0.2) is 4.98 Å². The maximum Gasteiger partial charge on any atom is 0.204 e. The van der Waals surface area contributed by atoms with Gasteiger partial charge in [0, 0.05) is 33.7 Å². The predicted molar refractivity (Wildman–Crippen MR) is 80.4 cm³/mol. The van der Waals surface area contributed by atoms with Crippen molar-refractivity contribution < 1.29 is 0 Å². The lowest BCUT2D eigenvalue weighted by molar-refractivity contribution is 0.197. The number of nitrogens with zero attached hydrogens (tertiary/aromatic N) is 3. The van der Waals surface area contributed by atoms with Crippen LogP contribution in [0, 0.1) is 5.41 Å². The van der Waals surface area contributed by atoms with E-state index in [0.29, 0.717) is 11.5 Å². The van der Waals surface area contributed by atoms with Crippen LogP contribution in [0.5, 0.6) is 0 Å². The van der Waals surface area contributed by atoms with Gasteiger partial charge in [-0.3, -0.25) is 0 Å². The molecule has 1 heterocycles. The molecule has 108 valence electrons. The maximum atomic E-state index is 4.46. The molecule has 1 aliphatic rings. The van der Waals surface area contributed by atoms with Crippen molar-refractivity contribution in [3.63, 3.8) is 0 Å². The van der Waals surface area contributed by atoms with Crippen LogP contribution in [0.1, 0.15) is 45.2 Å². The molecule has 1 fully saturated rings. The maximum absolute atomic E-state index is 4.46. The van der Waals surface area contributed by atoms with Crippen LogP contribution in [0.3, 0.4) is 0 Å². The van der Waals surface area contributed by atoms with Gasteiger partial charge >= 0.3 is 0 Å². The largest absolute Gasteiger partial charge is 0.348 e. The van der Waals surface area contributed by atoms with Crippen molar-refractivity contribution in [1.82, 2.24) is 14.9 Å². The first-order valence-corrected chi connectivity index (χ1v) is 7.30. The molecule has 1 N–H and O–H groups in total. The SMILES string of the molecule is CN(C)c1ncc(CNC2CCCC(C)(C)C2)n1C. The third kappa shape index (κ3) is 3.50. The van der Waals surface area contributed by atoms with E-state index in [2.05, 4.69) is 35.8 Å². The summed E-state index contributed by atoms with van der Waals surface area (Å²) < 4.78 is 2.17. The molecule has 1 aromatic heterocycles. The number of anilines is 1. The van der Waals surface area contributed by atoms with Gasteiger partial charge in [-0.2, -0.15) is 0 Å². The fraction of sp³-hybridized carbons (Fsp3) is 0.800. The fourth-order valence-corrected chi connectivity index (χ4v) is 3.13. The topological polar surface area (TPSA) is 33.1 Å². The summed E-state index contributed by atoms with van der Waals surface area (Å²) in [5, 5.41) is 3.71. The van der Waals surface area contributed by atoms with E-state index in [9.17, 15) is 0 Å². The van der Waals surface area contributed by atoms with E-state index in [1.54, 1.807) is 0 Å². The number of rotatable bonds is 4. The average molecular weight is 264 g/mol. The first kappa shape index (κ1) is 14.4. The molecule has 1 aliphatic carbocycles. The summed E-state index contributed by atoms with van der Waals surface area (Å²) in [6, 6.07) is 0.654. The quantitative estimate of drug-likeness (QED) is 0.907. The highest BCUT2D eigenvalue weighted by molar-refractivity contribution is 5.30. The van der Waals surface area contributed by atoms with Gasteiger partial charge in [0.25, 0.3) is 0 Å². The number of aromatic nitrogens is 2. The lowest BCUT2D eigenvalue weighted by atomic mass is 9.75. The molecule has 2 rings (SSSR count). The average Bonchev–Trinajstić information content (AvgIpc) is 2.67. The highest BCUT2D eigenvalue weighted by Gasteiger charge is 2.27. The molecule has 1 atom stereocenters. The molecule has 1 unspecified atom stereocenters. The lowest BCUT2D eigenvalue weighted by Gasteiger charge is -2.35. The molecule has 4 heteroatoms. The third-order valence-electron chi connectivity index (χ3n) is 4.24. The van der Waals surface area contributed by atoms with Crippen molar-refractivity contribution in [3.8, 4) is 0 Å². The smallest absolute Gasteiger partial charge is 0.204 e. The van der Waals surface area contributed by atoms with Crippen molar-refractivity contribution in [3.05, 3.63) is 11.9 Å². The summed E-state index contributed by atoms with van der Waals surface area (Å²) >= 11 is 0. The minimum atomic E-state index is 0.497. The van der Waals surface area contributed by atoms with Crippen LogP contribution >= 0.6 is 0 Å². The molecular weight excluding hydrogens is 236 g/mol. The van der Waals surface area contributed by atoms with Crippen molar-refractivity contribution in [2.75, 3.05) is 19.0 Å². The Morgan fingerprint density at radius 2 is 2.21 bits per heavy atom. The second kappa shape index (κ2) is 5.53. The Bertz CT molecular complexity index is 420. The Hall–Kier alpha value is -1.03. The standard InChI is InChI=1S/C15H28N4/c1-15(2)8-6-7-12(9-15)16-10-13-11-17-14(18(3)4)19(13)5/h11-12,16H,6-10H2,1-5H3. The van der Waals surface area contributed by atoms with E-state index in [4.69, 9.17) is 0 Å². The summed E-state index contributed by atoms with van der Waals surface area (Å²) in [4.78, 5) is 6.51. The van der Waals surface area contributed by atoms with Crippen molar-refractivity contribution in [2.45, 2.75) is 52.1 Å². The Morgan fingerprint density at radius 3 is 2.79 bits per heavy atom. The van der Waals surface area contributed by atoms with Crippen LogP contribution in [-0.2, 0) is 13.6 Å². The molecule has 1 aromatic rings. The van der Waals surface area contributed by atoms with E-state index < -0.39 is 0 Å². The fourth-order valence-electron chi connectivity index (χ4n) is 3.13. The van der Waals surface area contributed by atoms with E-state index in [1.807, 2.05) is 25.2 Å². The monoisotopic (exact) mass is 264 g/mol. The zero-order valence-corrected chi connectivity index (χ0v) is 13.0. The molecule has 1 saturated carbocycles. The molecule has 0 aromatic carbocycles. The second-order valence-corrected chi connectivity index (χ2v) is 6.84. The highest BCUT2D eigenvalue weighted by Crippen LogP contribution is 2.35. The number of hydrogen-bond acceptors (Lipinski definition) is 3. The number of hydrogen-bond donors (Lipinski definition) is 1. The molecule has 0 bridgehead atoms. The van der Waals surface area contributed by atoms with Gasteiger partial charge in [-0.1, -0.05) is 20.3 Å². The van der Waals surface area contributed by atoms with E-state index >= 15 is 0 Å². The Morgan fingerprint density at radius 1 is 1.47 bits per heavy atom. The van der Waals surface area contributed by atoms with E-state index in [0.717, 1.165) is 12.5 Å². The summed E-state index contributed by atoms with van der Waals surface area (Å²) in [6.07, 6.45) is 7.28. The van der Waals surface area contributed by atoms with E-state index in [1.165, 1.54) is 31.4 Å². The van der Waals surface area contributed by atoms with Gasteiger partial charge in [0.2, 0.25) is 5.95 Å². The normalized spacial score (nSPS) is 22.5. The Kier molecular flexibility index (Phi) is 4.19. The first-order chi connectivity index (χ1) is 8.89. The molecule has 0 amide bonds. The minimum Gasteiger partial charge on any atom is -0.348 e. The van der Waals surface area contributed by atoms with Gasteiger partial charge in [0.05, 0.1) is 11.9 Å². The molecule has 0 spiro atoms. The number of nitrogens with one attached hydrogen (secondary N) is 1. The summed E-state index contributed by atoms with van der Waals surface area (Å²) in [5.41, 5.74) is 1.75. The van der Waals surface area contributed by atoms with Gasteiger partial charge in [-0.05, 0) is 24.7 Å². The van der Waals surface area contributed by atoms with Gasteiger partial charge in [-0.15, -0.1) is 0 Å². The van der Waals surface area contributed by atoms with Crippen LogP contribution in [0.2, 0.25) is 0 Å². The molecule has 19 heavy (non-hydrogen) atoms. The first-order valence-electron chi connectivity index (χ1n) is 7.30. The second-order valence-electron chi connectivity index (χ2n) is 6.84. The highest BCUT2D eigenvalue weighted by atomic mass is 15.3. The van der Waals surface area contributed by atoms with Crippen molar-refractivity contribution in [1.29, 1.82) is 0 Å². The van der Waals surface area contributed by atoms with Crippen LogP contribution in [0.15, 0.2) is 6.20 Å². The Balaban J connectivity index is 1.92. The van der Waals surface area contributed by atoms with Gasteiger partial charge < -0.3 is 14.8 Å². The Labute approximate surface area is 117 Å². The van der Waals surface area contributed by atoms with E-state index in [-0.39, 0.29) is 0 Å². The number of imidazole rings is 1.